The first-order valence-corrected chi connectivity index (χ1v) is 5.65. The van der Waals surface area contributed by atoms with Crippen LogP contribution in [0.25, 0.3) is 22.2 Å². The SMILES string of the molecule is Fc1ccc(-c2[nH]c3ccccc3c2Cl)cc1. The van der Waals surface area contributed by atoms with E-state index in [9.17, 15) is 4.39 Å². The Labute approximate surface area is 103 Å². The molecular weight excluding hydrogens is 237 g/mol. The van der Waals surface area contributed by atoms with Crippen LogP contribution in [0.2, 0.25) is 5.02 Å². The van der Waals surface area contributed by atoms with Crippen LogP contribution in [0, 0.1) is 5.82 Å². The molecule has 0 aliphatic heterocycles. The number of fused-ring (bicyclic) bond motifs is 1. The lowest BCUT2D eigenvalue weighted by Gasteiger charge is -1.98. The zero-order chi connectivity index (χ0) is 11.8. The summed E-state index contributed by atoms with van der Waals surface area (Å²) in [6.07, 6.45) is 0. The van der Waals surface area contributed by atoms with Gasteiger partial charge in [0.05, 0.1) is 10.7 Å². The van der Waals surface area contributed by atoms with Gasteiger partial charge in [-0.05, 0) is 35.9 Å². The van der Waals surface area contributed by atoms with Crippen LogP contribution in [0.4, 0.5) is 4.39 Å². The highest BCUT2D eigenvalue weighted by molar-refractivity contribution is 6.38. The van der Waals surface area contributed by atoms with Crippen molar-refractivity contribution in [3.63, 3.8) is 0 Å². The molecule has 84 valence electrons. The lowest BCUT2D eigenvalue weighted by molar-refractivity contribution is 0.628. The molecule has 17 heavy (non-hydrogen) atoms. The number of rotatable bonds is 1. The molecular formula is C14H9ClFN. The summed E-state index contributed by atoms with van der Waals surface area (Å²) in [7, 11) is 0. The third-order valence-electron chi connectivity index (χ3n) is 2.78. The van der Waals surface area contributed by atoms with Gasteiger partial charge in [-0.1, -0.05) is 29.8 Å². The van der Waals surface area contributed by atoms with Gasteiger partial charge in [0.25, 0.3) is 0 Å². The summed E-state index contributed by atoms with van der Waals surface area (Å²) >= 11 is 6.31. The molecule has 0 bridgehead atoms. The van der Waals surface area contributed by atoms with Gasteiger partial charge in [-0.2, -0.15) is 0 Å². The Morgan fingerprint density at radius 2 is 1.65 bits per heavy atom. The van der Waals surface area contributed by atoms with E-state index in [0.29, 0.717) is 5.02 Å². The van der Waals surface area contributed by atoms with E-state index in [1.807, 2.05) is 24.3 Å². The van der Waals surface area contributed by atoms with Crippen molar-refractivity contribution < 1.29 is 4.39 Å². The minimum absolute atomic E-state index is 0.249. The number of aromatic nitrogens is 1. The molecule has 2 aromatic carbocycles. The zero-order valence-corrected chi connectivity index (χ0v) is 9.63. The van der Waals surface area contributed by atoms with Crippen molar-refractivity contribution in [1.29, 1.82) is 0 Å². The molecule has 1 heterocycles. The molecule has 0 amide bonds. The number of aromatic amines is 1. The van der Waals surface area contributed by atoms with Gasteiger partial charge in [-0.15, -0.1) is 0 Å². The smallest absolute Gasteiger partial charge is 0.123 e. The number of hydrogen-bond acceptors (Lipinski definition) is 0. The zero-order valence-electron chi connectivity index (χ0n) is 8.87. The van der Waals surface area contributed by atoms with Crippen LogP contribution in [0.5, 0.6) is 0 Å². The quantitative estimate of drug-likeness (QED) is 0.644. The third kappa shape index (κ3) is 1.71. The minimum Gasteiger partial charge on any atom is -0.353 e. The highest BCUT2D eigenvalue weighted by atomic mass is 35.5. The summed E-state index contributed by atoms with van der Waals surface area (Å²) in [5, 5.41) is 1.65. The maximum atomic E-state index is 12.9. The molecule has 0 radical (unpaired) electrons. The highest BCUT2D eigenvalue weighted by Crippen LogP contribution is 2.34. The fourth-order valence-corrected chi connectivity index (χ4v) is 2.24. The Bertz CT molecular complexity index is 670. The van der Waals surface area contributed by atoms with Crippen molar-refractivity contribution in [3.05, 3.63) is 59.4 Å². The van der Waals surface area contributed by atoms with E-state index in [0.717, 1.165) is 22.2 Å². The second-order valence-corrected chi connectivity index (χ2v) is 4.24. The molecule has 1 aromatic heterocycles. The fraction of sp³-hybridized carbons (Fsp3) is 0. The summed E-state index contributed by atoms with van der Waals surface area (Å²) in [6, 6.07) is 14.1. The fourth-order valence-electron chi connectivity index (χ4n) is 1.92. The van der Waals surface area contributed by atoms with E-state index in [4.69, 9.17) is 11.6 Å². The van der Waals surface area contributed by atoms with Crippen LogP contribution in [0.1, 0.15) is 0 Å². The second kappa shape index (κ2) is 3.90. The third-order valence-corrected chi connectivity index (χ3v) is 3.17. The summed E-state index contributed by atoms with van der Waals surface area (Å²) in [5.41, 5.74) is 2.69. The van der Waals surface area contributed by atoms with Crippen molar-refractivity contribution in [3.8, 4) is 11.3 Å². The number of H-pyrrole nitrogens is 1. The molecule has 0 aliphatic rings. The molecule has 0 fully saturated rings. The number of halogens is 2. The van der Waals surface area contributed by atoms with E-state index in [-0.39, 0.29) is 5.82 Å². The number of hydrogen-bond donors (Lipinski definition) is 1. The topological polar surface area (TPSA) is 15.8 Å². The standard InChI is InChI=1S/C14H9ClFN/c15-13-11-3-1-2-4-12(11)17-14(13)9-5-7-10(16)8-6-9/h1-8,17H. The highest BCUT2D eigenvalue weighted by Gasteiger charge is 2.10. The molecule has 0 saturated heterocycles. The van der Waals surface area contributed by atoms with Crippen LogP contribution in [-0.2, 0) is 0 Å². The molecule has 3 rings (SSSR count). The van der Waals surface area contributed by atoms with E-state index in [1.165, 1.54) is 12.1 Å². The Morgan fingerprint density at radius 3 is 2.35 bits per heavy atom. The molecule has 1 nitrogen and oxygen atoms in total. The molecule has 0 saturated carbocycles. The van der Waals surface area contributed by atoms with Crippen LogP contribution >= 0.6 is 11.6 Å². The Hall–Kier alpha value is -1.80. The van der Waals surface area contributed by atoms with Crippen LogP contribution in [0.3, 0.4) is 0 Å². The molecule has 1 N–H and O–H groups in total. The lowest BCUT2D eigenvalue weighted by atomic mass is 10.1. The van der Waals surface area contributed by atoms with Crippen LogP contribution in [0.15, 0.2) is 48.5 Å². The van der Waals surface area contributed by atoms with Crippen LogP contribution in [-0.4, -0.2) is 4.98 Å². The first-order valence-electron chi connectivity index (χ1n) is 5.28. The first-order chi connectivity index (χ1) is 8.25. The van der Waals surface area contributed by atoms with Gasteiger partial charge in [0.1, 0.15) is 5.82 Å². The maximum Gasteiger partial charge on any atom is 0.123 e. The van der Waals surface area contributed by atoms with Gasteiger partial charge in [0, 0.05) is 10.9 Å². The maximum absolute atomic E-state index is 12.9. The molecule has 0 atom stereocenters. The van der Waals surface area contributed by atoms with E-state index < -0.39 is 0 Å². The van der Waals surface area contributed by atoms with Crippen molar-refractivity contribution in [2.24, 2.45) is 0 Å². The molecule has 3 heteroatoms. The second-order valence-electron chi connectivity index (χ2n) is 3.87. The number of benzene rings is 2. The Kier molecular flexibility index (Phi) is 2.37. The first kappa shape index (κ1) is 10.4. The van der Waals surface area contributed by atoms with Crippen LogP contribution < -0.4 is 0 Å². The number of para-hydroxylation sites is 1. The van der Waals surface area contributed by atoms with Crippen molar-refractivity contribution in [1.82, 2.24) is 4.98 Å². The van der Waals surface area contributed by atoms with Crippen molar-refractivity contribution in [2.75, 3.05) is 0 Å². The Balaban J connectivity index is 2.24. The summed E-state index contributed by atoms with van der Waals surface area (Å²) in [6.45, 7) is 0. The lowest BCUT2D eigenvalue weighted by Crippen LogP contribution is -1.79. The molecule has 0 aliphatic carbocycles. The molecule has 3 aromatic rings. The monoisotopic (exact) mass is 245 g/mol. The van der Waals surface area contributed by atoms with Crippen molar-refractivity contribution >= 4 is 22.5 Å². The van der Waals surface area contributed by atoms with Gasteiger partial charge in [0.2, 0.25) is 0 Å². The minimum atomic E-state index is -0.249. The predicted octanol–water partition coefficient (Wildman–Crippen LogP) is 4.63. The molecule has 0 unspecified atom stereocenters. The van der Waals surface area contributed by atoms with E-state index >= 15 is 0 Å². The van der Waals surface area contributed by atoms with Gasteiger partial charge in [0.15, 0.2) is 0 Å². The average Bonchev–Trinajstić information content (AvgIpc) is 2.69. The normalized spacial score (nSPS) is 10.9. The van der Waals surface area contributed by atoms with Gasteiger partial charge in [-0.25, -0.2) is 4.39 Å². The van der Waals surface area contributed by atoms with Gasteiger partial charge in [-0.3, -0.25) is 0 Å². The summed E-state index contributed by atoms with van der Waals surface area (Å²) in [5.74, 6) is -0.249. The van der Waals surface area contributed by atoms with E-state index in [2.05, 4.69) is 4.98 Å². The van der Waals surface area contributed by atoms with E-state index in [1.54, 1.807) is 12.1 Å². The largest absolute Gasteiger partial charge is 0.353 e. The van der Waals surface area contributed by atoms with Crippen molar-refractivity contribution in [2.45, 2.75) is 0 Å². The molecule has 0 spiro atoms. The average molecular weight is 246 g/mol. The Morgan fingerprint density at radius 1 is 0.941 bits per heavy atom. The summed E-state index contributed by atoms with van der Waals surface area (Å²) in [4.78, 5) is 3.25. The van der Waals surface area contributed by atoms with Gasteiger partial charge < -0.3 is 4.98 Å². The summed E-state index contributed by atoms with van der Waals surface area (Å²) < 4.78 is 12.9. The predicted molar refractivity (Wildman–Crippen MR) is 68.7 cm³/mol. The van der Waals surface area contributed by atoms with Gasteiger partial charge >= 0.3 is 0 Å². The number of nitrogens with one attached hydrogen (secondary N) is 1.